The Morgan fingerprint density at radius 3 is 2.38 bits per heavy atom. The minimum Gasteiger partial charge on any atom is -0.491 e. The molecule has 6 aromatic rings. The second-order valence-electron chi connectivity index (χ2n) is 17.9. The third-order valence-corrected chi connectivity index (χ3v) is 13.2. The van der Waals surface area contributed by atoms with Crippen LogP contribution >= 0.6 is 11.6 Å². The van der Waals surface area contributed by atoms with Crippen LogP contribution in [-0.2, 0) is 21.8 Å². The Kier molecular flexibility index (Phi) is 12.8. The number of aromatic nitrogens is 4. The Hall–Kier alpha value is -6.61. The predicted octanol–water partition coefficient (Wildman–Crippen LogP) is 7.69. The summed E-state index contributed by atoms with van der Waals surface area (Å²) in [7, 11) is -1.90. The predicted molar refractivity (Wildman–Crippen MR) is 252 cm³/mol. The van der Waals surface area contributed by atoms with Gasteiger partial charge in [0.2, 0.25) is 16.0 Å². The molecular formula is C48H51ClN8O8S. The maximum atomic E-state index is 13.4. The van der Waals surface area contributed by atoms with Gasteiger partial charge in [0.05, 0.1) is 35.1 Å². The van der Waals surface area contributed by atoms with Gasteiger partial charge in [-0.3, -0.25) is 14.3 Å². The molecule has 1 saturated carbocycles. The topological polar surface area (TPSA) is 203 Å². The lowest BCUT2D eigenvalue weighted by molar-refractivity contribution is -0.164. The first kappa shape index (κ1) is 45.9. The zero-order chi connectivity index (χ0) is 47.0. The van der Waals surface area contributed by atoms with Crippen molar-refractivity contribution < 1.29 is 32.2 Å². The van der Waals surface area contributed by atoms with Gasteiger partial charge < -0.3 is 38.7 Å². The molecule has 344 valence electrons. The van der Waals surface area contributed by atoms with Crippen LogP contribution in [0.4, 0.5) is 11.6 Å². The van der Waals surface area contributed by atoms with Crippen LogP contribution < -0.4 is 34.7 Å². The van der Waals surface area contributed by atoms with Crippen LogP contribution in [0.1, 0.15) is 56.5 Å². The summed E-state index contributed by atoms with van der Waals surface area (Å²) < 4.78 is 53.2. The van der Waals surface area contributed by atoms with Gasteiger partial charge in [0.1, 0.15) is 47.3 Å². The number of ether oxygens (including phenoxy) is 4. The number of nitrogens with zero attached hydrogens (tertiary/aromatic N) is 5. The third-order valence-electron chi connectivity index (χ3n) is 12.3. The van der Waals surface area contributed by atoms with E-state index in [4.69, 9.17) is 30.5 Å². The number of benzene rings is 3. The Morgan fingerprint density at radius 1 is 0.955 bits per heavy atom. The van der Waals surface area contributed by atoms with E-state index in [1.54, 1.807) is 86.4 Å². The number of aryl methyl sites for hydroxylation is 1. The second-order valence-corrected chi connectivity index (χ2v) is 20.0. The molecule has 1 saturated heterocycles. The van der Waals surface area contributed by atoms with E-state index >= 15 is 0 Å². The Morgan fingerprint density at radius 2 is 1.68 bits per heavy atom. The summed E-state index contributed by atoms with van der Waals surface area (Å²) in [5, 5.41) is 13.4. The monoisotopic (exact) mass is 934 g/mol. The summed E-state index contributed by atoms with van der Waals surface area (Å²) in [5.41, 5.74) is 1.75. The molecule has 0 spiro atoms. The summed E-state index contributed by atoms with van der Waals surface area (Å²) in [6.45, 7) is 10.3. The van der Waals surface area contributed by atoms with Crippen molar-refractivity contribution in [3.63, 3.8) is 0 Å². The number of nitrogens with one attached hydrogen (secondary N) is 3. The summed E-state index contributed by atoms with van der Waals surface area (Å²) in [5.74, 6) is 2.38. The van der Waals surface area contributed by atoms with Gasteiger partial charge in [-0.2, -0.15) is 5.26 Å². The molecule has 8 rings (SSSR count). The van der Waals surface area contributed by atoms with Crippen molar-refractivity contribution in [2.45, 2.75) is 58.8 Å². The van der Waals surface area contributed by atoms with Crippen molar-refractivity contribution in [1.29, 1.82) is 5.26 Å². The molecular weight excluding hydrogens is 884 g/mol. The molecule has 0 atom stereocenters. The first-order valence-electron chi connectivity index (χ1n) is 21.5. The van der Waals surface area contributed by atoms with Crippen molar-refractivity contribution in [2.75, 3.05) is 42.2 Å². The molecule has 4 heterocycles. The molecule has 3 aromatic heterocycles. The van der Waals surface area contributed by atoms with Crippen molar-refractivity contribution in [3.8, 4) is 40.2 Å². The van der Waals surface area contributed by atoms with Gasteiger partial charge in [-0.1, -0.05) is 45.4 Å². The quantitative estimate of drug-likeness (QED) is 0.0849. The molecule has 16 nitrogen and oxygen atoms in total. The van der Waals surface area contributed by atoms with Crippen LogP contribution in [-0.4, -0.2) is 84.7 Å². The lowest BCUT2D eigenvalue weighted by Gasteiger charge is -2.63. The number of anilines is 2. The number of amides is 1. The highest BCUT2D eigenvalue weighted by atomic mass is 35.5. The van der Waals surface area contributed by atoms with Gasteiger partial charge in [0.25, 0.3) is 11.5 Å². The number of sulfonamides is 1. The van der Waals surface area contributed by atoms with Crippen molar-refractivity contribution in [1.82, 2.24) is 24.8 Å². The minimum atomic E-state index is -3.56. The van der Waals surface area contributed by atoms with Crippen LogP contribution in [0, 0.1) is 22.2 Å². The van der Waals surface area contributed by atoms with Crippen LogP contribution in [0.3, 0.4) is 0 Å². The Balaban J connectivity index is 0.812. The number of nitriles is 1. The Bertz CT molecular complexity index is 2980. The molecule has 3 aromatic carbocycles. The maximum Gasteiger partial charge on any atom is 0.274 e. The van der Waals surface area contributed by atoms with Crippen LogP contribution in [0.5, 0.6) is 23.0 Å². The number of hydrogen-bond acceptors (Lipinski definition) is 12. The molecule has 2 aliphatic rings. The number of aromatic amines is 1. The van der Waals surface area contributed by atoms with Gasteiger partial charge in [0.15, 0.2) is 0 Å². The standard InChI is InChI=1S/C48H51ClN8O8S/c1-47(2)44(48(3,4)45(47)65-35-12-10-29(25-50)39(49)24-35)54-42(58)30-26-52-46(53-27-30)57-18-15-32(16-19-57)62-20-21-63-33-8-7-9-34(23-33)64-40-13-11-31(55-66(6,60)61)22-37(40)38-28-56(5)43(59)41-36(38)14-17-51-41/h7-14,17,22-24,26-28,32,44-45,51,55H,15-16,18-21H2,1-6H3,(H,54,58). The number of carbonyl (C=O) groups is 1. The molecule has 66 heavy (non-hydrogen) atoms. The lowest BCUT2D eigenvalue weighted by Crippen LogP contribution is -2.74. The van der Waals surface area contributed by atoms with Gasteiger partial charge in [0, 0.05) is 96.1 Å². The van der Waals surface area contributed by atoms with E-state index in [0.29, 0.717) is 99.1 Å². The lowest BCUT2D eigenvalue weighted by atomic mass is 9.49. The summed E-state index contributed by atoms with van der Waals surface area (Å²) in [4.78, 5) is 40.4. The number of fused-ring (bicyclic) bond motifs is 1. The highest BCUT2D eigenvalue weighted by Gasteiger charge is 2.64. The molecule has 1 amide bonds. The zero-order valence-electron chi connectivity index (χ0n) is 37.4. The summed E-state index contributed by atoms with van der Waals surface area (Å²) in [6.07, 6.45) is 8.93. The molecule has 1 aliphatic carbocycles. The van der Waals surface area contributed by atoms with Crippen molar-refractivity contribution in [3.05, 3.63) is 118 Å². The van der Waals surface area contributed by atoms with Gasteiger partial charge >= 0.3 is 0 Å². The van der Waals surface area contributed by atoms with E-state index in [9.17, 15) is 23.3 Å². The Labute approximate surface area is 387 Å². The molecule has 1 aliphatic heterocycles. The number of H-pyrrole nitrogens is 1. The first-order valence-corrected chi connectivity index (χ1v) is 23.7. The average Bonchev–Trinajstić information content (AvgIpc) is 3.78. The van der Waals surface area contributed by atoms with E-state index in [1.165, 1.54) is 4.57 Å². The van der Waals surface area contributed by atoms with Gasteiger partial charge in [-0.15, -0.1) is 0 Å². The van der Waals surface area contributed by atoms with E-state index in [2.05, 4.69) is 63.7 Å². The van der Waals surface area contributed by atoms with E-state index in [1.807, 2.05) is 12.1 Å². The highest BCUT2D eigenvalue weighted by molar-refractivity contribution is 7.92. The molecule has 0 unspecified atom stereocenters. The number of halogens is 1. The second kappa shape index (κ2) is 18.3. The summed E-state index contributed by atoms with van der Waals surface area (Å²) >= 11 is 6.25. The fourth-order valence-electron chi connectivity index (χ4n) is 9.35. The van der Waals surface area contributed by atoms with Crippen LogP contribution in [0.2, 0.25) is 5.02 Å². The summed E-state index contributed by atoms with van der Waals surface area (Å²) in [6, 6.07) is 20.9. The van der Waals surface area contributed by atoms with Crippen molar-refractivity contribution >= 4 is 50.1 Å². The van der Waals surface area contributed by atoms with Gasteiger partial charge in [-0.25, -0.2) is 18.4 Å². The maximum absolute atomic E-state index is 13.4. The molecule has 2 fully saturated rings. The fraction of sp³-hybridized carbons (Fsp3) is 0.354. The SMILES string of the molecule is Cn1cc(-c2cc(NS(C)(=O)=O)ccc2Oc2cccc(OCCOC3CCN(c4ncc(C(=O)NC5C(C)(C)C(Oc6ccc(C#N)c(Cl)c6)C5(C)C)cn4)CC3)c2)c2cc[nH]c2c1=O. The molecule has 0 bridgehead atoms. The van der Waals surface area contributed by atoms with E-state index in [0.717, 1.165) is 19.1 Å². The van der Waals surface area contributed by atoms with Crippen LogP contribution in [0.15, 0.2) is 96.3 Å². The number of piperidine rings is 1. The highest BCUT2D eigenvalue weighted by Crippen LogP contribution is 2.55. The first-order chi connectivity index (χ1) is 31.4. The zero-order valence-corrected chi connectivity index (χ0v) is 39.0. The molecule has 3 N–H and O–H groups in total. The number of rotatable bonds is 15. The molecule has 18 heteroatoms. The van der Waals surface area contributed by atoms with Gasteiger partial charge in [-0.05, 0) is 61.4 Å². The van der Waals surface area contributed by atoms with E-state index < -0.39 is 20.9 Å². The minimum absolute atomic E-state index is 0.0306. The normalized spacial score (nSPS) is 17.9. The smallest absolute Gasteiger partial charge is 0.274 e. The fourth-order valence-corrected chi connectivity index (χ4v) is 10.1. The number of carbonyl (C=O) groups excluding carboxylic acids is 1. The van der Waals surface area contributed by atoms with E-state index in [-0.39, 0.29) is 29.7 Å². The molecule has 0 radical (unpaired) electrons. The number of hydrogen-bond donors (Lipinski definition) is 3. The largest absolute Gasteiger partial charge is 0.491 e. The van der Waals surface area contributed by atoms with Crippen LogP contribution in [0.25, 0.3) is 22.0 Å². The number of pyridine rings is 1. The third kappa shape index (κ3) is 9.67. The van der Waals surface area contributed by atoms with Crippen molar-refractivity contribution in [2.24, 2.45) is 17.9 Å². The average molecular weight is 936 g/mol.